The average Bonchev–Trinajstić information content (AvgIpc) is 2.58. The van der Waals surface area contributed by atoms with Crippen molar-refractivity contribution in [1.29, 1.82) is 0 Å². The zero-order chi connectivity index (χ0) is 17.4. The van der Waals surface area contributed by atoms with E-state index in [0.29, 0.717) is 15.2 Å². The molecule has 7 heteroatoms. The van der Waals surface area contributed by atoms with Crippen molar-refractivity contribution in [3.63, 3.8) is 0 Å². The van der Waals surface area contributed by atoms with E-state index in [0.717, 1.165) is 35.1 Å². The molecule has 0 heterocycles. The van der Waals surface area contributed by atoms with Gasteiger partial charge >= 0.3 is 0 Å². The molecule has 0 aliphatic heterocycles. The minimum Gasteiger partial charge on any atom is -0.497 e. The van der Waals surface area contributed by atoms with Crippen molar-refractivity contribution < 1.29 is 4.74 Å². The third-order valence-electron chi connectivity index (χ3n) is 3.13. The maximum absolute atomic E-state index is 6.00. The monoisotopic (exact) mass is 400 g/mol. The van der Waals surface area contributed by atoms with Gasteiger partial charge in [-0.1, -0.05) is 29.3 Å². The summed E-state index contributed by atoms with van der Waals surface area (Å²) in [7, 11) is 1.64. The molecule has 2 N–H and O–H groups in total. The summed E-state index contributed by atoms with van der Waals surface area (Å²) < 4.78 is 5.12. The molecule has 0 saturated heterocycles. The van der Waals surface area contributed by atoms with Crippen LogP contribution in [0.5, 0.6) is 5.75 Å². The van der Waals surface area contributed by atoms with Gasteiger partial charge in [0.1, 0.15) is 5.75 Å². The Morgan fingerprint density at radius 1 is 1.12 bits per heavy atom. The summed E-state index contributed by atoms with van der Waals surface area (Å²) in [5.41, 5.74) is 2.09. The quantitative estimate of drug-likeness (QED) is 0.491. The first-order chi connectivity index (χ1) is 11.6. The Kier molecular flexibility index (Phi) is 7.99. The molecular formula is C17H18Cl2N2OS2. The van der Waals surface area contributed by atoms with Crippen molar-refractivity contribution in [2.75, 3.05) is 24.7 Å². The van der Waals surface area contributed by atoms with E-state index >= 15 is 0 Å². The molecule has 2 aromatic rings. The number of rotatable bonds is 7. The molecule has 0 fully saturated rings. The number of hydrogen-bond acceptors (Lipinski definition) is 3. The Labute approximate surface area is 162 Å². The van der Waals surface area contributed by atoms with Crippen LogP contribution in [0.3, 0.4) is 0 Å². The molecule has 0 bridgehead atoms. The smallest absolute Gasteiger partial charge is 0.170 e. The first-order valence-electron chi connectivity index (χ1n) is 7.29. The first kappa shape index (κ1) is 19.2. The first-order valence-corrected chi connectivity index (χ1v) is 9.61. The van der Waals surface area contributed by atoms with Gasteiger partial charge in [0.2, 0.25) is 0 Å². The second kappa shape index (κ2) is 9.99. The molecule has 24 heavy (non-hydrogen) atoms. The Morgan fingerprint density at radius 2 is 1.88 bits per heavy atom. The lowest BCUT2D eigenvalue weighted by atomic mass is 10.2. The van der Waals surface area contributed by atoms with Gasteiger partial charge in [0, 0.05) is 23.7 Å². The molecule has 2 rings (SSSR count). The summed E-state index contributed by atoms with van der Waals surface area (Å²) >= 11 is 19.0. The topological polar surface area (TPSA) is 33.3 Å². The van der Waals surface area contributed by atoms with E-state index in [4.69, 9.17) is 40.2 Å². The van der Waals surface area contributed by atoms with Crippen molar-refractivity contribution in [3.8, 4) is 5.75 Å². The molecule has 0 spiro atoms. The number of benzene rings is 2. The Morgan fingerprint density at radius 3 is 2.54 bits per heavy atom. The number of nitrogens with one attached hydrogen (secondary N) is 2. The average molecular weight is 401 g/mol. The number of halogens is 2. The number of anilines is 1. The lowest BCUT2D eigenvalue weighted by Crippen LogP contribution is -2.30. The highest BCUT2D eigenvalue weighted by molar-refractivity contribution is 7.98. The van der Waals surface area contributed by atoms with E-state index < -0.39 is 0 Å². The molecule has 128 valence electrons. The van der Waals surface area contributed by atoms with Gasteiger partial charge in [-0.25, -0.2) is 0 Å². The van der Waals surface area contributed by atoms with Crippen LogP contribution in [-0.4, -0.2) is 24.5 Å². The van der Waals surface area contributed by atoms with Crippen LogP contribution in [0, 0.1) is 0 Å². The zero-order valence-corrected chi connectivity index (χ0v) is 16.3. The Bertz CT molecular complexity index is 681. The van der Waals surface area contributed by atoms with Crippen molar-refractivity contribution in [2.24, 2.45) is 0 Å². The lowest BCUT2D eigenvalue weighted by molar-refractivity contribution is 0.415. The molecule has 0 atom stereocenters. The summed E-state index contributed by atoms with van der Waals surface area (Å²) in [6.07, 6.45) is 0. The summed E-state index contributed by atoms with van der Waals surface area (Å²) in [4.78, 5) is 0. The molecule has 0 radical (unpaired) electrons. The molecule has 0 aliphatic carbocycles. The molecule has 3 nitrogen and oxygen atoms in total. The van der Waals surface area contributed by atoms with Crippen molar-refractivity contribution in [3.05, 3.63) is 58.1 Å². The van der Waals surface area contributed by atoms with Gasteiger partial charge in [-0.2, -0.15) is 11.8 Å². The van der Waals surface area contributed by atoms with Gasteiger partial charge < -0.3 is 15.4 Å². The van der Waals surface area contributed by atoms with E-state index in [-0.39, 0.29) is 0 Å². The predicted octanol–water partition coefficient (Wildman–Crippen LogP) is 5.22. The standard InChI is InChI=1S/C17H18Cl2N2OS2/c1-22-14-5-3-13(4-6-14)21-17(23)20-8-9-24-11-12-2-7-15(18)16(19)10-12/h2-7,10H,8-9,11H2,1H3,(H2,20,21,23). The summed E-state index contributed by atoms with van der Waals surface area (Å²) in [5, 5.41) is 8.11. The fraction of sp³-hybridized carbons (Fsp3) is 0.235. The van der Waals surface area contributed by atoms with Crippen LogP contribution in [0.1, 0.15) is 5.56 Å². The van der Waals surface area contributed by atoms with Crippen LogP contribution in [0.15, 0.2) is 42.5 Å². The second-order valence-corrected chi connectivity index (χ2v) is 7.24. The van der Waals surface area contributed by atoms with Gasteiger partial charge in [0.05, 0.1) is 17.2 Å². The van der Waals surface area contributed by atoms with Crippen molar-refractivity contribution >= 4 is 58.0 Å². The third-order valence-corrected chi connectivity index (χ3v) is 5.15. The van der Waals surface area contributed by atoms with Gasteiger partial charge in [0.25, 0.3) is 0 Å². The van der Waals surface area contributed by atoms with E-state index in [2.05, 4.69) is 10.6 Å². The van der Waals surface area contributed by atoms with Crippen molar-refractivity contribution in [2.45, 2.75) is 5.75 Å². The van der Waals surface area contributed by atoms with E-state index in [1.165, 1.54) is 0 Å². The molecule has 0 saturated carbocycles. The van der Waals surface area contributed by atoms with Crippen LogP contribution < -0.4 is 15.4 Å². The highest BCUT2D eigenvalue weighted by Gasteiger charge is 2.01. The number of hydrogen-bond donors (Lipinski definition) is 2. The Hall–Kier alpha value is -1.14. The summed E-state index contributed by atoms with van der Waals surface area (Å²) in [6, 6.07) is 13.3. The molecule has 0 aromatic heterocycles. The lowest BCUT2D eigenvalue weighted by Gasteiger charge is -2.11. The summed E-state index contributed by atoms with van der Waals surface area (Å²) in [6.45, 7) is 0.786. The molecule has 2 aromatic carbocycles. The molecule has 0 aliphatic rings. The van der Waals surface area contributed by atoms with E-state index in [1.807, 2.05) is 42.5 Å². The minimum absolute atomic E-state index is 0.585. The van der Waals surface area contributed by atoms with Crippen LogP contribution in [-0.2, 0) is 5.75 Å². The van der Waals surface area contributed by atoms with E-state index in [9.17, 15) is 0 Å². The van der Waals surface area contributed by atoms with E-state index in [1.54, 1.807) is 18.9 Å². The summed E-state index contributed by atoms with van der Waals surface area (Å²) in [5.74, 6) is 2.64. The molecule has 0 unspecified atom stereocenters. The highest BCUT2D eigenvalue weighted by Crippen LogP contribution is 2.24. The minimum atomic E-state index is 0.585. The number of thioether (sulfide) groups is 1. The second-order valence-electron chi connectivity index (χ2n) is 4.91. The fourth-order valence-electron chi connectivity index (χ4n) is 1.91. The number of methoxy groups -OCH3 is 1. The maximum atomic E-state index is 6.00. The van der Waals surface area contributed by atoms with Crippen LogP contribution in [0.25, 0.3) is 0 Å². The van der Waals surface area contributed by atoms with Gasteiger partial charge in [-0.15, -0.1) is 0 Å². The highest BCUT2D eigenvalue weighted by atomic mass is 35.5. The van der Waals surface area contributed by atoms with Crippen LogP contribution >= 0.6 is 47.2 Å². The molecular weight excluding hydrogens is 383 g/mol. The Balaban J connectivity index is 1.64. The van der Waals surface area contributed by atoms with Crippen LogP contribution in [0.2, 0.25) is 10.0 Å². The van der Waals surface area contributed by atoms with Crippen LogP contribution in [0.4, 0.5) is 5.69 Å². The normalized spacial score (nSPS) is 10.3. The number of ether oxygens (including phenoxy) is 1. The largest absolute Gasteiger partial charge is 0.497 e. The SMILES string of the molecule is COc1ccc(NC(=S)NCCSCc2ccc(Cl)c(Cl)c2)cc1. The van der Waals surface area contributed by atoms with Crippen molar-refractivity contribution in [1.82, 2.24) is 5.32 Å². The molecule has 0 amide bonds. The maximum Gasteiger partial charge on any atom is 0.170 e. The van der Waals surface area contributed by atoms with Gasteiger partial charge in [-0.3, -0.25) is 0 Å². The number of thiocarbonyl (C=S) groups is 1. The predicted molar refractivity (Wildman–Crippen MR) is 110 cm³/mol. The zero-order valence-electron chi connectivity index (χ0n) is 13.1. The van der Waals surface area contributed by atoms with Gasteiger partial charge in [0.15, 0.2) is 5.11 Å². The fourth-order valence-corrected chi connectivity index (χ4v) is 3.25. The third kappa shape index (κ3) is 6.40. The van der Waals surface area contributed by atoms with Gasteiger partial charge in [-0.05, 0) is 54.2 Å².